The highest BCUT2D eigenvalue weighted by atomic mass is 32.1. The van der Waals surface area contributed by atoms with E-state index in [2.05, 4.69) is 61.4 Å². The van der Waals surface area contributed by atoms with Crippen LogP contribution in [0.25, 0.3) is 41.8 Å². The number of nitrogens with one attached hydrogen (secondary N) is 3. The number of hydrogen-bond acceptors (Lipinski definition) is 9. The number of fused-ring (bicyclic) bond motifs is 2. The van der Waals surface area contributed by atoms with Crippen LogP contribution < -0.4 is 11.1 Å². The second-order valence-electron chi connectivity index (χ2n) is 15.0. The first-order valence-electron chi connectivity index (χ1n) is 17.4. The molecule has 51 heavy (non-hydrogen) atoms. The molecule has 8 heterocycles. The number of pyridine rings is 2. The van der Waals surface area contributed by atoms with Crippen molar-refractivity contribution < 1.29 is 14.7 Å². The number of H-pyrrole nitrogens is 2. The zero-order chi connectivity index (χ0) is 36.2. The fourth-order valence-electron chi connectivity index (χ4n) is 6.33. The van der Waals surface area contributed by atoms with Crippen LogP contribution in [-0.4, -0.2) is 75.1 Å². The number of aromatic amines is 2. The van der Waals surface area contributed by atoms with E-state index in [4.69, 9.17) is 10.8 Å². The Morgan fingerprint density at radius 3 is 1.61 bits per heavy atom. The molecule has 2 fully saturated rings. The lowest BCUT2D eigenvalue weighted by molar-refractivity contribution is 0.0691. The molecule has 0 atom stereocenters. The first kappa shape index (κ1) is 36.8. The Bertz CT molecular complexity index is 2010. The maximum Gasteiger partial charge on any atom is 0.352 e. The van der Waals surface area contributed by atoms with Gasteiger partial charge in [0.2, 0.25) is 0 Å². The first-order valence-corrected chi connectivity index (χ1v) is 25.9. The number of amides is 1. The van der Waals surface area contributed by atoms with Gasteiger partial charge in [0.25, 0.3) is 5.91 Å². The highest BCUT2D eigenvalue weighted by molar-refractivity contribution is 7.22. The lowest BCUT2D eigenvalue weighted by atomic mass is 10.1. The van der Waals surface area contributed by atoms with Crippen LogP contribution in [0.15, 0.2) is 61.2 Å². The molecule has 2 aliphatic rings. The van der Waals surface area contributed by atoms with Crippen molar-refractivity contribution in [3.63, 3.8) is 0 Å². The molecule has 1 amide bonds. The zero-order valence-corrected chi connectivity index (χ0v) is 33.2. The molecule has 0 radical (unpaired) electrons. The summed E-state index contributed by atoms with van der Waals surface area (Å²) in [4.78, 5) is 46.2. The molecule has 0 aliphatic carbocycles. The predicted molar refractivity (Wildman–Crippen MR) is 213 cm³/mol. The van der Waals surface area contributed by atoms with Crippen molar-refractivity contribution in [1.29, 1.82) is 0 Å². The van der Waals surface area contributed by atoms with Gasteiger partial charge < -0.3 is 26.1 Å². The van der Waals surface area contributed by atoms with Crippen LogP contribution in [0, 0.1) is 0 Å². The fourth-order valence-corrected chi connectivity index (χ4v) is 13.3. The molecule has 6 aromatic heterocycles. The second kappa shape index (κ2) is 15.7. The maximum atomic E-state index is 12.5. The van der Waals surface area contributed by atoms with E-state index in [0.717, 1.165) is 49.0 Å². The van der Waals surface area contributed by atoms with Crippen molar-refractivity contribution >= 4 is 71.4 Å². The lowest BCUT2D eigenvalue weighted by Crippen LogP contribution is -2.42. The summed E-state index contributed by atoms with van der Waals surface area (Å²) in [5.74, 6) is -0.984. The van der Waals surface area contributed by atoms with Gasteiger partial charge in [0.1, 0.15) is 32.7 Å². The quantitative estimate of drug-likeness (QED) is 0.109. The van der Waals surface area contributed by atoms with Crippen LogP contribution >= 0.6 is 22.7 Å². The molecule has 8 rings (SSSR count). The Morgan fingerprint density at radius 2 is 1.18 bits per heavy atom. The smallest absolute Gasteiger partial charge is 0.352 e. The van der Waals surface area contributed by atoms with Gasteiger partial charge in [-0.1, -0.05) is 50.4 Å². The summed E-state index contributed by atoms with van der Waals surface area (Å²) in [6, 6.07) is 17.5. The van der Waals surface area contributed by atoms with Crippen LogP contribution in [0.2, 0.25) is 50.4 Å². The van der Waals surface area contributed by atoms with Crippen molar-refractivity contribution in [2.45, 2.75) is 88.1 Å². The predicted octanol–water partition coefficient (Wildman–Crippen LogP) is 8.49. The minimum Gasteiger partial charge on any atom is -0.477 e. The molecule has 0 bridgehead atoms. The molecule has 6 N–H and O–H groups in total. The monoisotopic (exact) mass is 758 g/mol. The number of carbonyl (C=O) groups is 2. The third kappa shape index (κ3) is 9.65. The Kier molecular flexibility index (Phi) is 11.3. The Hall–Kier alpha value is -4.03. The van der Waals surface area contributed by atoms with Crippen molar-refractivity contribution in [2.24, 2.45) is 5.73 Å². The Labute approximate surface area is 307 Å². The van der Waals surface area contributed by atoms with Gasteiger partial charge in [-0.3, -0.25) is 14.8 Å². The average Bonchev–Trinajstić information content (AvgIpc) is 3.89. The van der Waals surface area contributed by atoms with Gasteiger partial charge in [-0.15, -0.1) is 22.7 Å². The van der Waals surface area contributed by atoms with Crippen molar-refractivity contribution in [3.8, 4) is 21.1 Å². The molecular formula is C36H46N8O3S2Si2. The number of carbonyl (C=O) groups excluding carboxylic acids is 1. The molecule has 0 aromatic carbocycles. The number of hydrogen-bond donors (Lipinski definition) is 5. The molecule has 0 saturated carbocycles. The van der Waals surface area contributed by atoms with Gasteiger partial charge >= 0.3 is 5.97 Å². The number of aromatic nitrogens is 6. The molecule has 15 heteroatoms. The van der Waals surface area contributed by atoms with Gasteiger partial charge in [-0.25, -0.2) is 14.8 Å². The van der Waals surface area contributed by atoms with Crippen molar-refractivity contribution in [1.82, 2.24) is 35.2 Å². The van der Waals surface area contributed by atoms with E-state index in [1.54, 1.807) is 42.2 Å². The van der Waals surface area contributed by atoms with Crippen LogP contribution in [0.5, 0.6) is 0 Å². The first-order chi connectivity index (χ1) is 24.3. The highest BCUT2D eigenvalue weighted by Crippen LogP contribution is 2.32. The van der Waals surface area contributed by atoms with E-state index in [9.17, 15) is 9.59 Å². The number of carboxylic acids is 1. The minimum atomic E-state index is -0.989. The van der Waals surface area contributed by atoms with E-state index in [1.807, 2.05) is 30.3 Å². The van der Waals surface area contributed by atoms with Gasteiger partial charge in [0.15, 0.2) is 0 Å². The van der Waals surface area contributed by atoms with E-state index in [-0.39, 0.29) is 11.6 Å². The molecular weight excluding hydrogens is 713 g/mol. The molecule has 2 aliphatic heterocycles. The van der Waals surface area contributed by atoms with E-state index in [1.165, 1.54) is 48.4 Å². The standard InChI is InChI=1S/C18H22N4OSSi.C11H7N3O2S.C7H17NSi/c1-25(2)9-5-13(6-10-25)20-17(23)14-11-15-16(21-14)22-18(24-15)12-3-7-19-8-4-12;15-11(16)7-5-8-9(13-7)14-10(17-8)6-1-3-12-4-2-6;1-9(2)5-3-7(8)4-6-9/h3-4,7-8,11,13,21H,5-6,9-10H2,1-2H3,(H,20,23);1-5,13H,(H,15,16);7H,3-6,8H2,1-2H3. The topological polar surface area (TPSA) is 176 Å². The van der Waals surface area contributed by atoms with Gasteiger partial charge in [0, 0.05) is 64.1 Å². The summed E-state index contributed by atoms with van der Waals surface area (Å²) in [5, 5.41) is 13.8. The number of thiazole rings is 2. The normalized spacial score (nSPS) is 17.3. The van der Waals surface area contributed by atoms with Gasteiger partial charge in [-0.2, -0.15) is 0 Å². The summed E-state index contributed by atoms with van der Waals surface area (Å²) in [5.41, 5.74) is 9.96. The Morgan fingerprint density at radius 1 is 0.745 bits per heavy atom. The Balaban J connectivity index is 0.000000148. The fraction of sp³-hybridized carbons (Fsp3) is 0.389. The van der Waals surface area contributed by atoms with Crippen LogP contribution in [0.3, 0.4) is 0 Å². The average molecular weight is 759 g/mol. The van der Waals surface area contributed by atoms with Crippen LogP contribution in [-0.2, 0) is 0 Å². The number of nitrogens with two attached hydrogens (primary N) is 1. The second-order valence-corrected chi connectivity index (χ2v) is 27.7. The zero-order valence-electron chi connectivity index (χ0n) is 29.5. The van der Waals surface area contributed by atoms with Gasteiger partial charge in [-0.05, 0) is 62.1 Å². The molecule has 268 valence electrons. The molecule has 0 unspecified atom stereocenters. The number of carboxylic acid groups (broad SMARTS) is 1. The van der Waals surface area contributed by atoms with Crippen LogP contribution in [0.1, 0.15) is 46.7 Å². The van der Waals surface area contributed by atoms with E-state index in [0.29, 0.717) is 23.4 Å². The largest absolute Gasteiger partial charge is 0.477 e. The molecule has 0 spiro atoms. The molecule has 2 saturated heterocycles. The van der Waals surface area contributed by atoms with E-state index < -0.39 is 22.1 Å². The lowest BCUT2D eigenvalue weighted by Gasteiger charge is -2.33. The van der Waals surface area contributed by atoms with Crippen molar-refractivity contribution in [2.75, 3.05) is 0 Å². The van der Waals surface area contributed by atoms with E-state index >= 15 is 0 Å². The van der Waals surface area contributed by atoms with Gasteiger partial charge in [0.05, 0.1) is 9.40 Å². The summed E-state index contributed by atoms with van der Waals surface area (Å²) in [6.45, 7) is 9.82. The number of aromatic carboxylic acids is 1. The summed E-state index contributed by atoms with van der Waals surface area (Å²) in [6.07, 6.45) is 11.7. The maximum absolute atomic E-state index is 12.5. The molecule has 6 aromatic rings. The highest BCUT2D eigenvalue weighted by Gasteiger charge is 2.30. The number of rotatable bonds is 5. The number of nitrogens with zero attached hydrogens (tertiary/aromatic N) is 4. The minimum absolute atomic E-state index is 0.0120. The summed E-state index contributed by atoms with van der Waals surface area (Å²) >= 11 is 3.04. The van der Waals surface area contributed by atoms with Crippen molar-refractivity contribution in [3.05, 3.63) is 72.6 Å². The third-order valence-electron chi connectivity index (χ3n) is 9.75. The SMILES string of the molecule is C[Si]1(C)CCC(N)CC1.C[Si]1(C)CCC(NC(=O)c2cc3sc(-c4ccncc4)nc3[nH]2)CC1.O=C(O)c1cc2sc(-c3ccncc3)nc2[nH]1. The molecule has 11 nitrogen and oxygen atoms in total. The summed E-state index contributed by atoms with van der Waals surface area (Å²) in [7, 11) is -1.70. The summed E-state index contributed by atoms with van der Waals surface area (Å²) < 4.78 is 1.85. The third-order valence-corrected chi connectivity index (χ3v) is 18.4. The van der Waals surface area contributed by atoms with Crippen LogP contribution in [0.4, 0.5) is 0 Å².